The second kappa shape index (κ2) is 3.49. The highest BCUT2D eigenvalue weighted by atomic mass is 16.5. The van der Waals surface area contributed by atoms with Crippen LogP contribution >= 0.6 is 0 Å². The summed E-state index contributed by atoms with van der Waals surface area (Å²) in [5, 5.41) is 0. The molecule has 0 radical (unpaired) electrons. The SMILES string of the molecule is C=NC(=O)COC. The van der Waals surface area contributed by atoms with E-state index in [0.29, 0.717) is 0 Å². The summed E-state index contributed by atoms with van der Waals surface area (Å²) in [6, 6.07) is 0. The molecule has 0 aromatic rings. The fraction of sp³-hybridized carbons (Fsp3) is 0.500. The van der Waals surface area contributed by atoms with Crippen molar-refractivity contribution in [1.29, 1.82) is 0 Å². The third-order valence-corrected chi connectivity index (χ3v) is 0.444. The minimum Gasteiger partial charge on any atom is -0.375 e. The van der Waals surface area contributed by atoms with Crippen LogP contribution in [0.1, 0.15) is 0 Å². The minimum atomic E-state index is -0.331. The number of amides is 1. The van der Waals surface area contributed by atoms with E-state index in [0.717, 1.165) is 0 Å². The lowest BCUT2D eigenvalue weighted by atomic mass is 10.7. The molecule has 7 heavy (non-hydrogen) atoms. The first-order valence-electron chi connectivity index (χ1n) is 1.79. The van der Waals surface area contributed by atoms with Crippen LogP contribution in [-0.2, 0) is 9.53 Å². The summed E-state index contributed by atoms with van der Waals surface area (Å²) in [6.07, 6.45) is 0. The summed E-state index contributed by atoms with van der Waals surface area (Å²) in [5.41, 5.74) is 0. The van der Waals surface area contributed by atoms with E-state index in [1.807, 2.05) is 0 Å². The van der Waals surface area contributed by atoms with Gasteiger partial charge in [0, 0.05) is 7.11 Å². The Balaban J connectivity index is 3.17. The third-order valence-electron chi connectivity index (χ3n) is 0.444. The Morgan fingerprint density at radius 2 is 2.57 bits per heavy atom. The molecule has 0 fully saturated rings. The van der Waals surface area contributed by atoms with Crippen LogP contribution in [0, 0.1) is 0 Å². The summed E-state index contributed by atoms with van der Waals surface area (Å²) in [7, 11) is 1.43. The molecule has 0 aliphatic rings. The quantitative estimate of drug-likeness (QED) is 0.454. The van der Waals surface area contributed by atoms with Crippen molar-refractivity contribution in [2.75, 3.05) is 13.7 Å². The van der Waals surface area contributed by atoms with Gasteiger partial charge in [-0.25, -0.2) is 4.99 Å². The Hall–Kier alpha value is -0.700. The molecule has 40 valence electrons. The van der Waals surface area contributed by atoms with Crippen LogP contribution in [-0.4, -0.2) is 26.3 Å². The molecule has 0 rings (SSSR count). The molecule has 0 N–H and O–H groups in total. The zero-order valence-corrected chi connectivity index (χ0v) is 4.18. The minimum absolute atomic E-state index is 0.0312. The first-order valence-corrected chi connectivity index (χ1v) is 1.79. The molecule has 0 heterocycles. The van der Waals surface area contributed by atoms with Crippen LogP contribution in [0.2, 0.25) is 0 Å². The van der Waals surface area contributed by atoms with Gasteiger partial charge in [0.15, 0.2) is 0 Å². The molecule has 0 saturated carbocycles. The van der Waals surface area contributed by atoms with Gasteiger partial charge in [-0.15, -0.1) is 0 Å². The highest BCUT2D eigenvalue weighted by molar-refractivity contribution is 5.81. The highest BCUT2D eigenvalue weighted by Gasteiger charge is 1.89. The molecule has 0 unspecified atom stereocenters. The second-order valence-electron chi connectivity index (χ2n) is 0.985. The second-order valence-corrected chi connectivity index (χ2v) is 0.985. The normalized spacial score (nSPS) is 8.14. The van der Waals surface area contributed by atoms with Crippen LogP contribution < -0.4 is 0 Å². The van der Waals surface area contributed by atoms with Gasteiger partial charge in [0.25, 0.3) is 5.91 Å². The number of hydrogen-bond donors (Lipinski definition) is 0. The molecule has 0 saturated heterocycles. The highest BCUT2D eigenvalue weighted by Crippen LogP contribution is 1.70. The van der Waals surface area contributed by atoms with Crippen LogP contribution in [0.15, 0.2) is 4.99 Å². The molecule has 0 aromatic heterocycles. The maximum atomic E-state index is 10.1. The van der Waals surface area contributed by atoms with Crippen LogP contribution in [0.3, 0.4) is 0 Å². The molecule has 1 amide bonds. The topological polar surface area (TPSA) is 38.7 Å². The summed E-state index contributed by atoms with van der Waals surface area (Å²) in [6.45, 7) is 3.03. The number of rotatable bonds is 2. The van der Waals surface area contributed by atoms with Gasteiger partial charge in [-0.1, -0.05) is 0 Å². The average molecular weight is 101 g/mol. The van der Waals surface area contributed by atoms with Gasteiger partial charge < -0.3 is 4.74 Å². The number of methoxy groups -OCH3 is 1. The summed E-state index contributed by atoms with van der Waals surface area (Å²) in [4.78, 5) is 13.1. The summed E-state index contributed by atoms with van der Waals surface area (Å²) < 4.78 is 4.41. The fourth-order valence-electron chi connectivity index (χ4n) is 0.169. The number of carbonyl (C=O) groups is 1. The average Bonchev–Trinajstić information content (AvgIpc) is 1.68. The van der Waals surface area contributed by atoms with Crippen LogP contribution in [0.4, 0.5) is 0 Å². The van der Waals surface area contributed by atoms with E-state index in [1.54, 1.807) is 0 Å². The first kappa shape index (κ1) is 6.30. The molecule has 0 aliphatic heterocycles. The van der Waals surface area contributed by atoms with Gasteiger partial charge in [0.1, 0.15) is 6.61 Å². The number of ether oxygens (including phenoxy) is 1. The molecule has 0 aromatic carbocycles. The van der Waals surface area contributed by atoms with Gasteiger partial charge in [0.05, 0.1) is 0 Å². The number of hydrogen-bond acceptors (Lipinski definition) is 2. The van der Waals surface area contributed by atoms with Gasteiger partial charge in [-0.2, -0.15) is 0 Å². The molecule has 0 atom stereocenters. The van der Waals surface area contributed by atoms with E-state index < -0.39 is 0 Å². The van der Waals surface area contributed by atoms with Gasteiger partial charge >= 0.3 is 0 Å². The molecule has 0 spiro atoms. The zero-order valence-electron chi connectivity index (χ0n) is 4.18. The van der Waals surface area contributed by atoms with Crippen molar-refractivity contribution in [2.24, 2.45) is 4.99 Å². The molecule has 3 nitrogen and oxygen atoms in total. The smallest absolute Gasteiger partial charge is 0.271 e. The Kier molecular flexibility index (Phi) is 3.14. The van der Waals surface area contributed by atoms with Gasteiger partial charge in [-0.3, -0.25) is 4.79 Å². The zero-order chi connectivity index (χ0) is 5.70. The third kappa shape index (κ3) is 3.12. The maximum absolute atomic E-state index is 10.1. The molecular formula is C4H7NO2. The number of aliphatic imine (C=N–C) groups is 1. The summed E-state index contributed by atoms with van der Waals surface area (Å²) >= 11 is 0. The van der Waals surface area contributed by atoms with E-state index in [1.165, 1.54) is 7.11 Å². The lowest BCUT2D eigenvalue weighted by Crippen LogP contribution is -2.00. The predicted octanol–water partition coefficient (Wildman–Crippen LogP) is -0.140. The molecular weight excluding hydrogens is 94.0 g/mol. The lowest BCUT2D eigenvalue weighted by molar-refractivity contribution is -0.121. The maximum Gasteiger partial charge on any atom is 0.271 e. The van der Waals surface area contributed by atoms with Crippen molar-refractivity contribution in [3.8, 4) is 0 Å². The van der Waals surface area contributed by atoms with Crippen molar-refractivity contribution < 1.29 is 9.53 Å². The standard InChI is InChI=1S/C4H7NO2/c1-5-4(6)3-7-2/h1,3H2,2H3. The monoisotopic (exact) mass is 101 g/mol. The molecule has 0 bridgehead atoms. The Morgan fingerprint density at radius 1 is 2.00 bits per heavy atom. The molecule has 0 aliphatic carbocycles. The van der Waals surface area contributed by atoms with E-state index in [-0.39, 0.29) is 12.5 Å². The fourth-order valence-corrected chi connectivity index (χ4v) is 0.169. The predicted molar refractivity (Wildman–Crippen MR) is 26.4 cm³/mol. The summed E-state index contributed by atoms with van der Waals surface area (Å²) in [5.74, 6) is -0.331. The first-order chi connectivity index (χ1) is 3.31. The van der Waals surface area contributed by atoms with Crippen LogP contribution in [0.5, 0.6) is 0 Å². The largest absolute Gasteiger partial charge is 0.375 e. The van der Waals surface area contributed by atoms with Crippen molar-refractivity contribution in [3.63, 3.8) is 0 Å². The Morgan fingerprint density at radius 3 is 2.71 bits per heavy atom. The number of nitrogens with zero attached hydrogens (tertiary/aromatic N) is 1. The van der Waals surface area contributed by atoms with E-state index in [2.05, 4.69) is 16.4 Å². The number of carbonyl (C=O) groups excluding carboxylic acids is 1. The Bertz CT molecular complexity index is 79.8. The van der Waals surface area contributed by atoms with Crippen molar-refractivity contribution in [1.82, 2.24) is 0 Å². The van der Waals surface area contributed by atoms with Crippen molar-refractivity contribution in [2.45, 2.75) is 0 Å². The van der Waals surface area contributed by atoms with E-state index in [9.17, 15) is 4.79 Å². The molecule has 3 heteroatoms. The van der Waals surface area contributed by atoms with E-state index in [4.69, 9.17) is 0 Å². The lowest BCUT2D eigenvalue weighted by Gasteiger charge is -1.85. The van der Waals surface area contributed by atoms with Gasteiger partial charge in [-0.05, 0) is 6.72 Å². The van der Waals surface area contributed by atoms with Gasteiger partial charge in [0.2, 0.25) is 0 Å². The Labute approximate surface area is 42.0 Å². The van der Waals surface area contributed by atoms with Crippen molar-refractivity contribution in [3.05, 3.63) is 0 Å². The van der Waals surface area contributed by atoms with Crippen molar-refractivity contribution >= 4 is 12.6 Å². The van der Waals surface area contributed by atoms with E-state index >= 15 is 0 Å². The van der Waals surface area contributed by atoms with Crippen LogP contribution in [0.25, 0.3) is 0 Å².